The van der Waals surface area contributed by atoms with Crippen molar-refractivity contribution in [3.8, 4) is 0 Å². The highest BCUT2D eigenvalue weighted by atomic mass is 32.1. The second kappa shape index (κ2) is 6.93. The quantitative estimate of drug-likeness (QED) is 0.772. The molecule has 0 bridgehead atoms. The Hall–Kier alpha value is -0.450. The first-order chi connectivity index (χ1) is 7.22. The number of hydrogen-bond acceptors (Lipinski definition) is 4. The summed E-state index contributed by atoms with van der Waals surface area (Å²) in [6.07, 6.45) is 1.96. The molecular formula is C11H21N3S. The van der Waals surface area contributed by atoms with Crippen LogP contribution in [0.15, 0.2) is 11.7 Å². The molecule has 1 aromatic rings. The Bertz CT molecular complexity index is 246. The van der Waals surface area contributed by atoms with E-state index in [-0.39, 0.29) is 0 Å². The fourth-order valence-electron chi connectivity index (χ4n) is 1.40. The summed E-state index contributed by atoms with van der Waals surface area (Å²) < 4.78 is 0. The molecule has 0 fully saturated rings. The molecule has 1 rings (SSSR count). The van der Waals surface area contributed by atoms with Gasteiger partial charge in [0.05, 0.1) is 5.51 Å². The molecule has 0 spiro atoms. The lowest BCUT2D eigenvalue weighted by molar-refractivity contribution is 0.278. The maximum Gasteiger partial charge on any atom is 0.0794 e. The molecule has 0 aliphatic heterocycles. The van der Waals surface area contributed by atoms with Gasteiger partial charge in [0.25, 0.3) is 0 Å². The summed E-state index contributed by atoms with van der Waals surface area (Å²) in [5.74, 6) is 0. The van der Waals surface area contributed by atoms with Gasteiger partial charge in [0.2, 0.25) is 0 Å². The van der Waals surface area contributed by atoms with Gasteiger partial charge in [0.1, 0.15) is 0 Å². The summed E-state index contributed by atoms with van der Waals surface area (Å²) in [4.78, 5) is 7.88. The van der Waals surface area contributed by atoms with Crippen LogP contribution >= 0.6 is 11.3 Å². The lowest BCUT2D eigenvalue weighted by Gasteiger charge is -2.20. The molecule has 0 aliphatic rings. The van der Waals surface area contributed by atoms with E-state index in [9.17, 15) is 0 Å². The van der Waals surface area contributed by atoms with Crippen LogP contribution in [0.1, 0.15) is 25.6 Å². The number of likely N-dealkylation sites (N-methyl/N-ethyl adjacent to an activating group) is 1. The number of nitrogens with zero attached hydrogens (tertiary/aromatic N) is 2. The minimum Gasteiger partial charge on any atom is -0.313 e. The molecule has 4 heteroatoms. The maximum absolute atomic E-state index is 4.09. The molecule has 0 aliphatic carbocycles. The number of rotatable bonds is 7. The molecule has 0 unspecified atom stereocenters. The van der Waals surface area contributed by atoms with Crippen molar-refractivity contribution in [3.05, 3.63) is 16.6 Å². The second-order valence-electron chi connectivity index (χ2n) is 3.95. The highest BCUT2D eigenvalue weighted by Crippen LogP contribution is 2.08. The van der Waals surface area contributed by atoms with Crippen molar-refractivity contribution in [1.29, 1.82) is 0 Å². The molecule has 86 valence electrons. The number of aromatic nitrogens is 1. The van der Waals surface area contributed by atoms with Gasteiger partial charge in [-0.15, -0.1) is 11.3 Å². The summed E-state index contributed by atoms with van der Waals surface area (Å²) in [5.41, 5.74) is 1.90. The van der Waals surface area contributed by atoms with Crippen molar-refractivity contribution >= 4 is 11.3 Å². The molecule has 1 heterocycles. The van der Waals surface area contributed by atoms with Crippen LogP contribution in [0.5, 0.6) is 0 Å². The van der Waals surface area contributed by atoms with Crippen molar-refractivity contribution in [2.75, 3.05) is 19.6 Å². The van der Waals surface area contributed by atoms with Gasteiger partial charge in [0, 0.05) is 36.8 Å². The van der Waals surface area contributed by atoms with E-state index in [4.69, 9.17) is 0 Å². The van der Waals surface area contributed by atoms with E-state index < -0.39 is 0 Å². The minimum atomic E-state index is 0.576. The van der Waals surface area contributed by atoms with Crippen molar-refractivity contribution in [2.24, 2.45) is 0 Å². The van der Waals surface area contributed by atoms with Crippen LogP contribution in [0.3, 0.4) is 0 Å². The average molecular weight is 227 g/mol. The number of nitrogens with one attached hydrogen (secondary N) is 1. The van der Waals surface area contributed by atoms with Crippen molar-refractivity contribution in [1.82, 2.24) is 15.2 Å². The molecular weight excluding hydrogens is 206 g/mol. The standard InChI is InChI=1S/C11H21N3S/c1-4-14(6-5-13-10(2)3)8-11-7-12-9-15-11/h7,9-10,13H,4-6,8H2,1-3H3. The van der Waals surface area contributed by atoms with Crippen molar-refractivity contribution < 1.29 is 0 Å². The van der Waals surface area contributed by atoms with E-state index >= 15 is 0 Å². The lowest BCUT2D eigenvalue weighted by Crippen LogP contribution is -2.34. The molecule has 0 radical (unpaired) electrons. The fraction of sp³-hybridized carbons (Fsp3) is 0.727. The highest BCUT2D eigenvalue weighted by Gasteiger charge is 2.04. The molecule has 0 aromatic carbocycles. The Labute approximate surface area is 96.5 Å². The molecule has 0 saturated heterocycles. The first-order valence-electron chi connectivity index (χ1n) is 5.55. The Morgan fingerprint density at radius 2 is 2.33 bits per heavy atom. The predicted octanol–water partition coefficient (Wildman–Crippen LogP) is 1.96. The van der Waals surface area contributed by atoms with Crippen LogP contribution in [0.25, 0.3) is 0 Å². The molecule has 0 atom stereocenters. The zero-order valence-corrected chi connectivity index (χ0v) is 10.7. The van der Waals surface area contributed by atoms with Crippen LogP contribution < -0.4 is 5.32 Å². The summed E-state index contributed by atoms with van der Waals surface area (Å²) in [6, 6.07) is 0.576. The van der Waals surface area contributed by atoms with E-state index in [0.29, 0.717) is 6.04 Å². The molecule has 1 N–H and O–H groups in total. The Kier molecular flexibility index (Phi) is 5.83. The fourth-order valence-corrected chi connectivity index (χ4v) is 2.04. The smallest absolute Gasteiger partial charge is 0.0794 e. The minimum absolute atomic E-state index is 0.576. The van der Waals surface area contributed by atoms with Crippen LogP contribution in [0.4, 0.5) is 0 Å². The van der Waals surface area contributed by atoms with Gasteiger partial charge in [-0.3, -0.25) is 9.88 Å². The van der Waals surface area contributed by atoms with Gasteiger partial charge in [-0.25, -0.2) is 0 Å². The Balaban J connectivity index is 2.24. The SMILES string of the molecule is CCN(CCNC(C)C)Cc1cncs1. The van der Waals surface area contributed by atoms with E-state index in [1.165, 1.54) is 4.88 Å². The van der Waals surface area contributed by atoms with Crippen molar-refractivity contribution in [3.63, 3.8) is 0 Å². The van der Waals surface area contributed by atoms with Gasteiger partial charge in [-0.1, -0.05) is 20.8 Å². The largest absolute Gasteiger partial charge is 0.313 e. The molecule has 3 nitrogen and oxygen atoms in total. The van der Waals surface area contributed by atoms with E-state index in [0.717, 1.165) is 26.2 Å². The Morgan fingerprint density at radius 1 is 1.53 bits per heavy atom. The third kappa shape index (κ3) is 5.25. The summed E-state index contributed by atoms with van der Waals surface area (Å²) in [5, 5.41) is 3.44. The normalized spacial score (nSPS) is 11.5. The zero-order valence-electron chi connectivity index (χ0n) is 9.86. The predicted molar refractivity (Wildman–Crippen MR) is 66.2 cm³/mol. The molecule has 0 saturated carbocycles. The van der Waals surface area contributed by atoms with Gasteiger partial charge < -0.3 is 5.32 Å². The summed E-state index contributed by atoms with van der Waals surface area (Å²) >= 11 is 1.73. The Morgan fingerprint density at radius 3 is 2.87 bits per heavy atom. The van der Waals surface area contributed by atoms with Crippen LogP contribution in [0, 0.1) is 0 Å². The van der Waals surface area contributed by atoms with Crippen molar-refractivity contribution in [2.45, 2.75) is 33.4 Å². The summed E-state index contributed by atoms with van der Waals surface area (Å²) in [6.45, 7) is 10.9. The molecule has 1 aromatic heterocycles. The lowest BCUT2D eigenvalue weighted by atomic mass is 10.3. The third-order valence-electron chi connectivity index (χ3n) is 2.29. The van der Waals surface area contributed by atoms with Crippen LogP contribution in [-0.4, -0.2) is 35.6 Å². The topological polar surface area (TPSA) is 28.2 Å². The summed E-state index contributed by atoms with van der Waals surface area (Å²) in [7, 11) is 0. The average Bonchev–Trinajstić information content (AvgIpc) is 2.68. The van der Waals surface area contributed by atoms with Gasteiger partial charge in [0.15, 0.2) is 0 Å². The monoisotopic (exact) mass is 227 g/mol. The van der Waals surface area contributed by atoms with Crippen LogP contribution in [-0.2, 0) is 6.54 Å². The van der Waals surface area contributed by atoms with Gasteiger partial charge in [-0.05, 0) is 6.54 Å². The first kappa shape index (κ1) is 12.6. The number of thiazole rings is 1. The third-order valence-corrected chi connectivity index (χ3v) is 3.06. The number of hydrogen-bond donors (Lipinski definition) is 1. The first-order valence-corrected chi connectivity index (χ1v) is 6.43. The zero-order chi connectivity index (χ0) is 11.1. The van der Waals surface area contributed by atoms with Gasteiger partial charge >= 0.3 is 0 Å². The second-order valence-corrected chi connectivity index (χ2v) is 4.92. The van der Waals surface area contributed by atoms with Crippen LogP contribution in [0.2, 0.25) is 0 Å². The highest BCUT2D eigenvalue weighted by molar-refractivity contribution is 7.09. The molecule has 15 heavy (non-hydrogen) atoms. The molecule has 0 amide bonds. The van der Waals surface area contributed by atoms with Gasteiger partial charge in [-0.2, -0.15) is 0 Å². The van der Waals surface area contributed by atoms with E-state index in [1.54, 1.807) is 11.3 Å². The maximum atomic E-state index is 4.09. The van der Waals surface area contributed by atoms with E-state index in [2.05, 4.69) is 36.0 Å². The van der Waals surface area contributed by atoms with E-state index in [1.807, 2.05) is 11.7 Å².